The monoisotopic (exact) mass is 438 g/mol. The van der Waals surface area contributed by atoms with E-state index in [0.29, 0.717) is 47.7 Å². The molecule has 10 heteroatoms. The van der Waals surface area contributed by atoms with Crippen molar-refractivity contribution < 1.29 is 19.8 Å². The van der Waals surface area contributed by atoms with Gasteiger partial charge in [-0.3, -0.25) is 9.59 Å². The van der Waals surface area contributed by atoms with Gasteiger partial charge in [-0.15, -0.1) is 0 Å². The number of aliphatic carboxylic acids is 2. The molecule has 2 N–H and O–H groups in total. The second-order valence-corrected chi connectivity index (χ2v) is 10.8. The molecule has 1 heterocycles. The van der Waals surface area contributed by atoms with Crippen LogP contribution < -0.4 is 0 Å². The smallest absolute Gasteiger partial charge is 0.319 e. The zero-order valence-corrected chi connectivity index (χ0v) is 18.7. The van der Waals surface area contributed by atoms with Crippen molar-refractivity contribution in [2.24, 2.45) is 0 Å². The first kappa shape index (κ1) is 23.5. The summed E-state index contributed by atoms with van der Waals surface area (Å²) in [5.41, 5.74) is 0. The number of thiocarbonyl (C=S) groups is 2. The van der Waals surface area contributed by atoms with E-state index < -0.39 is 21.4 Å². The molecule has 0 saturated carbocycles. The Morgan fingerprint density at radius 2 is 1.12 bits per heavy atom. The fraction of sp³-hybridized carbons (Fsp3) is 0.750. The van der Waals surface area contributed by atoms with E-state index in [1.165, 1.54) is 23.5 Å². The Hall–Kier alpha value is -0.580. The quantitative estimate of drug-likeness (QED) is 0.604. The number of carboxylic acids is 2. The second-order valence-electron chi connectivity index (χ2n) is 6.49. The molecule has 0 radical (unpaired) electrons. The number of piperazine rings is 1. The Bertz CT molecular complexity index is 531. The van der Waals surface area contributed by atoms with Crippen molar-refractivity contribution >= 4 is 68.5 Å². The van der Waals surface area contributed by atoms with Gasteiger partial charge in [-0.25, -0.2) is 0 Å². The van der Waals surface area contributed by atoms with Crippen molar-refractivity contribution in [3.8, 4) is 0 Å². The van der Waals surface area contributed by atoms with E-state index >= 15 is 0 Å². The molecule has 1 rings (SSSR count). The van der Waals surface area contributed by atoms with Crippen LogP contribution in [0.2, 0.25) is 0 Å². The molecule has 1 aliphatic heterocycles. The van der Waals surface area contributed by atoms with Gasteiger partial charge in [0.2, 0.25) is 0 Å². The summed E-state index contributed by atoms with van der Waals surface area (Å²) in [6.07, 6.45) is 0.969. The molecule has 2 unspecified atom stereocenters. The van der Waals surface area contributed by atoms with Crippen LogP contribution in [0.5, 0.6) is 0 Å². The third-order valence-corrected chi connectivity index (χ3v) is 8.39. The van der Waals surface area contributed by atoms with Gasteiger partial charge >= 0.3 is 11.9 Å². The van der Waals surface area contributed by atoms with Gasteiger partial charge in [0.1, 0.15) is 18.1 Å². The number of nitrogens with zero attached hydrogens (tertiary/aromatic N) is 2. The topological polar surface area (TPSA) is 81.1 Å². The van der Waals surface area contributed by atoms with Crippen molar-refractivity contribution in [1.29, 1.82) is 0 Å². The van der Waals surface area contributed by atoms with Crippen LogP contribution >= 0.6 is 48.0 Å². The third-order valence-electron chi connectivity index (χ3n) is 4.68. The summed E-state index contributed by atoms with van der Waals surface area (Å²) in [5.74, 6) is -1.73. The molecule has 2 atom stereocenters. The number of thioether (sulfide) groups is 2. The fourth-order valence-electron chi connectivity index (χ4n) is 2.12. The fourth-order valence-corrected chi connectivity index (χ4v) is 5.45. The molecule has 0 bridgehead atoms. The average Bonchev–Trinajstić information content (AvgIpc) is 2.61. The number of hydrogen-bond acceptors (Lipinski definition) is 6. The molecular formula is C16H26N2O4S4. The van der Waals surface area contributed by atoms with E-state index in [2.05, 4.69) is 0 Å². The van der Waals surface area contributed by atoms with Gasteiger partial charge in [0.05, 0.1) is 0 Å². The molecule has 0 aromatic carbocycles. The highest BCUT2D eigenvalue weighted by molar-refractivity contribution is 8.24. The minimum atomic E-state index is -0.927. The summed E-state index contributed by atoms with van der Waals surface area (Å²) in [6.45, 7) is 9.61. The Kier molecular flexibility index (Phi) is 8.63. The van der Waals surface area contributed by atoms with Gasteiger partial charge in [0, 0.05) is 26.2 Å². The Morgan fingerprint density at radius 1 is 0.846 bits per heavy atom. The molecule has 1 fully saturated rings. The lowest BCUT2D eigenvalue weighted by Crippen LogP contribution is -2.50. The van der Waals surface area contributed by atoms with Crippen molar-refractivity contribution in [2.45, 2.75) is 50.0 Å². The van der Waals surface area contributed by atoms with E-state index in [1.54, 1.807) is 13.8 Å². The Morgan fingerprint density at radius 3 is 1.31 bits per heavy atom. The maximum absolute atomic E-state index is 11.5. The highest BCUT2D eigenvalue weighted by Gasteiger charge is 2.37. The molecule has 0 spiro atoms. The predicted molar refractivity (Wildman–Crippen MR) is 116 cm³/mol. The first-order valence-corrected chi connectivity index (χ1v) is 10.9. The molecule has 1 aliphatic rings. The molecule has 148 valence electrons. The standard InChI is InChI=1S/C16H26N2O4S4/c1-5-15(3,11(19)20)25-13(23)17-7-9-18(10-8-17)14(24)26-16(4,6-2)12(21)22/h5-10H2,1-4H3,(H,19,20)(H,21,22). The van der Waals surface area contributed by atoms with Crippen LogP contribution in [0.3, 0.4) is 0 Å². The average molecular weight is 439 g/mol. The van der Waals surface area contributed by atoms with Crippen LogP contribution in [0.1, 0.15) is 40.5 Å². The van der Waals surface area contributed by atoms with Crippen LogP contribution in [-0.4, -0.2) is 76.3 Å². The van der Waals surface area contributed by atoms with E-state index in [-0.39, 0.29) is 0 Å². The van der Waals surface area contributed by atoms with Crippen molar-refractivity contribution in [2.75, 3.05) is 26.2 Å². The molecule has 0 aliphatic carbocycles. The number of hydrogen-bond donors (Lipinski definition) is 2. The Labute approximate surface area is 174 Å². The van der Waals surface area contributed by atoms with E-state index in [9.17, 15) is 19.8 Å². The molecular weight excluding hydrogens is 412 g/mol. The largest absolute Gasteiger partial charge is 0.480 e. The summed E-state index contributed by atoms with van der Waals surface area (Å²) in [4.78, 5) is 26.9. The van der Waals surface area contributed by atoms with Gasteiger partial charge in [0.25, 0.3) is 0 Å². The molecule has 1 saturated heterocycles. The molecule has 6 nitrogen and oxygen atoms in total. The van der Waals surface area contributed by atoms with Crippen LogP contribution in [0.25, 0.3) is 0 Å². The molecule has 0 amide bonds. The minimum absolute atomic E-state index is 0.485. The molecule has 0 aromatic rings. The summed E-state index contributed by atoms with van der Waals surface area (Å²) >= 11 is 13.3. The lowest BCUT2D eigenvalue weighted by molar-refractivity contribution is -0.140. The highest BCUT2D eigenvalue weighted by atomic mass is 32.2. The normalized spacial score (nSPS) is 19.4. The number of rotatable bonds is 6. The van der Waals surface area contributed by atoms with Crippen molar-refractivity contribution in [1.82, 2.24) is 9.80 Å². The predicted octanol–water partition coefficient (Wildman–Crippen LogP) is 3.15. The molecule has 26 heavy (non-hydrogen) atoms. The van der Waals surface area contributed by atoms with E-state index in [1.807, 2.05) is 23.6 Å². The SMILES string of the molecule is CCC(C)(SC(=S)N1CCN(C(=S)SC(C)(CC)C(=O)O)CC1)C(=O)O. The van der Waals surface area contributed by atoms with Gasteiger partial charge in [-0.05, 0) is 26.7 Å². The maximum Gasteiger partial charge on any atom is 0.319 e. The lowest BCUT2D eigenvalue weighted by atomic mass is 10.1. The number of carbonyl (C=O) groups is 2. The lowest BCUT2D eigenvalue weighted by Gasteiger charge is -2.39. The van der Waals surface area contributed by atoms with Crippen molar-refractivity contribution in [3.63, 3.8) is 0 Å². The van der Waals surface area contributed by atoms with Crippen LogP contribution in [0.4, 0.5) is 0 Å². The minimum Gasteiger partial charge on any atom is -0.480 e. The third kappa shape index (κ3) is 5.71. The zero-order chi connectivity index (χ0) is 20.1. The van der Waals surface area contributed by atoms with Crippen LogP contribution in [-0.2, 0) is 9.59 Å². The Balaban J connectivity index is 2.61. The first-order valence-electron chi connectivity index (χ1n) is 8.41. The number of carboxylic acid groups (broad SMARTS) is 2. The van der Waals surface area contributed by atoms with Crippen molar-refractivity contribution in [3.05, 3.63) is 0 Å². The highest BCUT2D eigenvalue weighted by Crippen LogP contribution is 2.33. The summed E-state index contributed by atoms with van der Waals surface area (Å²) in [7, 11) is 0. The van der Waals surface area contributed by atoms with Gasteiger partial charge in [-0.2, -0.15) is 0 Å². The second kappa shape index (κ2) is 9.57. The summed E-state index contributed by atoms with van der Waals surface area (Å²) in [6, 6.07) is 0. The van der Waals surface area contributed by atoms with E-state index in [0.717, 1.165) is 0 Å². The summed E-state index contributed by atoms with van der Waals surface area (Å²) < 4.78 is -0.689. The summed E-state index contributed by atoms with van der Waals surface area (Å²) in [5, 5.41) is 18.8. The zero-order valence-electron chi connectivity index (χ0n) is 15.5. The maximum atomic E-state index is 11.5. The van der Waals surface area contributed by atoms with Gasteiger partial charge in [-0.1, -0.05) is 61.8 Å². The molecule has 0 aromatic heterocycles. The first-order chi connectivity index (χ1) is 12.0. The van der Waals surface area contributed by atoms with Gasteiger partial charge in [0.15, 0.2) is 0 Å². The van der Waals surface area contributed by atoms with Crippen LogP contribution in [0.15, 0.2) is 0 Å². The van der Waals surface area contributed by atoms with E-state index in [4.69, 9.17) is 24.4 Å². The van der Waals surface area contributed by atoms with Gasteiger partial charge < -0.3 is 20.0 Å². The van der Waals surface area contributed by atoms with Crippen LogP contribution in [0, 0.1) is 0 Å².